The number of hydrogen-bond donors (Lipinski definition) is 1. The van der Waals surface area contributed by atoms with E-state index in [9.17, 15) is 18.0 Å². The predicted molar refractivity (Wildman–Crippen MR) is 55.0 cm³/mol. The summed E-state index contributed by atoms with van der Waals surface area (Å²) in [5.74, 6) is -0.393. The van der Waals surface area contributed by atoms with Crippen LogP contribution in [0.1, 0.15) is 19.3 Å². The second-order valence-electron chi connectivity index (χ2n) is 3.38. The molecule has 0 heterocycles. The summed E-state index contributed by atoms with van der Waals surface area (Å²) in [7, 11) is 0. The van der Waals surface area contributed by atoms with Crippen LogP contribution in [-0.4, -0.2) is 12.1 Å². The molecule has 5 heteroatoms. The van der Waals surface area contributed by atoms with Crippen molar-refractivity contribution >= 4 is 11.6 Å². The van der Waals surface area contributed by atoms with Crippen molar-refractivity contribution in [1.29, 1.82) is 0 Å². The lowest BCUT2D eigenvalue weighted by Crippen LogP contribution is -2.13. The van der Waals surface area contributed by atoms with Gasteiger partial charge < -0.3 is 5.32 Å². The van der Waals surface area contributed by atoms with Gasteiger partial charge in [0, 0.05) is 18.5 Å². The summed E-state index contributed by atoms with van der Waals surface area (Å²) >= 11 is 0. The molecule has 1 aromatic rings. The SMILES string of the molecule is O=C(CCCC(F)(F)F)Nc1ccccc1. The first-order valence-electron chi connectivity index (χ1n) is 4.89. The Labute approximate surface area is 91.5 Å². The van der Waals surface area contributed by atoms with Gasteiger partial charge in [-0.1, -0.05) is 18.2 Å². The third-order valence-corrected chi connectivity index (χ3v) is 1.92. The molecule has 0 unspecified atom stereocenters. The van der Waals surface area contributed by atoms with Gasteiger partial charge >= 0.3 is 6.18 Å². The quantitative estimate of drug-likeness (QED) is 0.845. The Hall–Kier alpha value is -1.52. The molecule has 0 bridgehead atoms. The average molecular weight is 231 g/mol. The normalized spacial score (nSPS) is 11.2. The lowest BCUT2D eigenvalue weighted by atomic mass is 10.2. The highest BCUT2D eigenvalue weighted by Gasteiger charge is 2.26. The Bertz CT molecular complexity index is 335. The van der Waals surface area contributed by atoms with E-state index < -0.39 is 18.5 Å². The largest absolute Gasteiger partial charge is 0.389 e. The number of rotatable bonds is 4. The molecular formula is C11H12F3NO. The van der Waals surface area contributed by atoms with Crippen molar-refractivity contribution in [3.8, 4) is 0 Å². The van der Waals surface area contributed by atoms with Crippen molar-refractivity contribution in [1.82, 2.24) is 0 Å². The second kappa shape index (κ2) is 5.53. The Morgan fingerprint density at radius 2 is 1.81 bits per heavy atom. The number of amides is 1. The monoisotopic (exact) mass is 231 g/mol. The topological polar surface area (TPSA) is 29.1 Å². The van der Waals surface area contributed by atoms with E-state index in [1.54, 1.807) is 30.3 Å². The minimum atomic E-state index is -4.19. The van der Waals surface area contributed by atoms with E-state index in [0.29, 0.717) is 5.69 Å². The van der Waals surface area contributed by atoms with E-state index in [1.807, 2.05) is 0 Å². The van der Waals surface area contributed by atoms with E-state index >= 15 is 0 Å². The maximum Gasteiger partial charge on any atom is 0.389 e. The zero-order valence-electron chi connectivity index (χ0n) is 8.55. The molecule has 88 valence electrons. The predicted octanol–water partition coefficient (Wildman–Crippen LogP) is 3.36. The fourth-order valence-corrected chi connectivity index (χ4v) is 1.19. The van der Waals surface area contributed by atoms with Crippen LogP contribution in [0.15, 0.2) is 30.3 Å². The van der Waals surface area contributed by atoms with Crippen LogP contribution < -0.4 is 5.32 Å². The number of para-hydroxylation sites is 1. The molecule has 0 radical (unpaired) electrons. The molecule has 0 atom stereocenters. The number of halogens is 3. The molecule has 0 aliphatic rings. The summed E-state index contributed by atoms with van der Waals surface area (Å²) in [5, 5.41) is 2.52. The zero-order valence-corrected chi connectivity index (χ0v) is 8.55. The first-order valence-corrected chi connectivity index (χ1v) is 4.89. The third-order valence-electron chi connectivity index (χ3n) is 1.92. The highest BCUT2D eigenvalue weighted by atomic mass is 19.4. The van der Waals surface area contributed by atoms with E-state index in [4.69, 9.17) is 0 Å². The van der Waals surface area contributed by atoms with E-state index in [1.165, 1.54) is 0 Å². The van der Waals surface area contributed by atoms with Crippen LogP contribution in [0.25, 0.3) is 0 Å². The molecule has 0 saturated carbocycles. The average Bonchev–Trinajstić information content (AvgIpc) is 2.17. The van der Waals surface area contributed by atoms with E-state index in [2.05, 4.69) is 5.32 Å². The molecule has 0 fully saturated rings. The van der Waals surface area contributed by atoms with Gasteiger partial charge in [-0.2, -0.15) is 13.2 Å². The Morgan fingerprint density at radius 3 is 2.38 bits per heavy atom. The van der Waals surface area contributed by atoms with Crippen LogP contribution in [0.2, 0.25) is 0 Å². The first-order chi connectivity index (χ1) is 7.47. The van der Waals surface area contributed by atoms with Gasteiger partial charge in [0.2, 0.25) is 5.91 Å². The molecular weight excluding hydrogens is 219 g/mol. The fourth-order valence-electron chi connectivity index (χ4n) is 1.19. The number of carbonyl (C=O) groups excluding carboxylic acids is 1. The van der Waals surface area contributed by atoms with Crippen LogP contribution in [0, 0.1) is 0 Å². The molecule has 0 aromatic heterocycles. The standard InChI is InChI=1S/C11H12F3NO/c12-11(13,14)8-4-7-10(16)15-9-5-2-1-3-6-9/h1-3,5-6H,4,7-8H2,(H,15,16). The van der Waals surface area contributed by atoms with Gasteiger partial charge in [-0.3, -0.25) is 4.79 Å². The number of hydrogen-bond acceptors (Lipinski definition) is 1. The summed E-state index contributed by atoms with van der Waals surface area (Å²) in [5.41, 5.74) is 0.597. The fraction of sp³-hybridized carbons (Fsp3) is 0.364. The van der Waals surface area contributed by atoms with Gasteiger partial charge in [-0.05, 0) is 18.6 Å². The van der Waals surface area contributed by atoms with Crippen LogP contribution in [0.5, 0.6) is 0 Å². The molecule has 16 heavy (non-hydrogen) atoms. The maximum absolute atomic E-state index is 11.8. The molecule has 1 rings (SSSR count). The number of nitrogens with one attached hydrogen (secondary N) is 1. The van der Waals surface area contributed by atoms with E-state index in [0.717, 1.165) is 0 Å². The highest BCUT2D eigenvalue weighted by Crippen LogP contribution is 2.22. The van der Waals surface area contributed by atoms with Crippen molar-refractivity contribution in [3.05, 3.63) is 30.3 Å². The Morgan fingerprint density at radius 1 is 1.19 bits per heavy atom. The zero-order chi connectivity index (χ0) is 12.0. The summed E-state index contributed by atoms with van der Waals surface area (Å²) in [6.45, 7) is 0. The highest BCUT2D eigenvalue weighted by molar-refractivity contribution is 5.90. The molecule has 0 aliphatic heterocycles. The summed E-state index contributed by atoms with van der Waals surface area (Å²) in [4.78, 5) is 11.2. The van der Waals surface area contributed by atoms with Crippen molar-refractivity contribution in [2.24, 2.45) is 0 Å². The van der Waals surface area contributed by atoms with Crippen LogP contribution >= 0.6 is 0 Å². The summed E-state index contributed by atoms with van der Waals surface area (Å²) < 4.78 is 35.4. The maximum atomic E-state index is 11.8. The third kappa shape index (κ3) is 5.38. The van der Waals surface area contributed by atoms with Gasteiger partial charge in [0.05, 0.1) is 0 Å². The Kier molecular flexibility index (Phi) is 4.34. The smallest absolute Gasteiger partial charge is 0.326 e. The lowest BCUT2D eigenvalue weighted by molar-refractivity contribution is -0.136. The second-order valence-corrected chi connectivity index (χ2v) is 3.38. The molecule has 1 aromatic carbocycles. The van der Waals surface area contributed by atoms with Crippen molar-refractivity contribution < 1.29 is 18.0 Å². The summed E-state index contributed by atoms with van der Waals surface area (Å²) in [6, 6.07) is 8.64. The van der Waals surface area contributed by atoms with Gasteiger partial charge in [-0.15, -0.1) is 0 Å². The van der Waals surface area contributed by atoms with Gasteiger partial charge in [-0.25, -0.2) is 0 Å². The molecule has 1 N–H and O–H groups in total. The van der Waals surface area contributed by atoms with Crippen LogP contribution in [-0.2, 0) is 4.79 Å². The van der Waals surface area contributed by atoms with Gasteiger partial charge in [0.15, 0.2) is 0 Å². The van der Waals surface area contributed by atoms with Gasteiger partial charge in [0.25, 0.3) is 0 Å². The van der Waals surface area contributed by atoms with Crippen molar-refractivity contribution in [2.45, 2.75) is 25.4 Å². The van der Waals surface area contributed by atoms with Crippen LogP contribution in [0.4, 0.5) is 18.9 Å². The number of benzene rings is 1. The summed E-state index contributed by atoms with van der Waals surface area (Å²) in [6.07, 6.45) is -5.40. The number of carbonyl (C=O) groups is 1. The van der Waals surface area contributed by atoms with E-state index in [-0.39, 0.29) is 12.8 Å². The van der Waals surface area contributed by atoms with Crippen LogP contribution in [0.3, 0.4) is 0 Å². The molecule has 0 aliphatic carbocycles. The number of anilines is 1. The Balaban J connectivity index is 2.27. The number of alkyl halides is 3. The van der Waals surface area contributed by atoms with Crippen molar-refractivity contribution in [3.63, 3.8) is 0 Å². The molecule has 0 saturated heterocycles. The van der Waals surface area contributed by atoms with Gasteiger partial charge in [0.1, 0.15) is 0 Å². The molecule has 0 spiro atoms. The minimum absolute atomic E-state index is 0.117. The minimum Gasteiger partial charge on any atom is -0.326 e. The molecule has 1 amide bonds. The van der Waals surface area contributed by atoms with Crippen molar-refractivity contribution in [2.75, 3.05) is 5.32 Å². The lowest BCUT2D eigenvalue weighted by Gasteiger charge is -2.06. The first kappa shape index (κ1) is 12.5. The molecule has 2 nitrogen and oxygen atoms in total.